The number of hydrogen-bond donors (Lipinski definition) is 2. The maximum Gasteiger partial charge on any atom is 0.224 e. The van der Waals surface area contributed by atoms with Gasteiger partial charge in [0.15, 0.2) is 0 Å². The number of aromatic nitrogens is 2. The summed E-state index contributed by atoms with van der Waals surface area (Å²) in [7, 11) is 0. The summed E-state index contributed by atoms with van der Waals surface area (Å²) in [5.74, 6) is 1.44. The molecule has 2 N–H and O–H groups in total. The Morgan fingerprint density at radius 3 is 2.83 bits per heavy atom. The third-order valence-electron chi connectivity index (χ3n) is 3.71. The molecule has 0 aliphatic carbocycles. The van der Waals surface area contributed by atoms with Gasteiger partial charge < -0.3 is 20.3 Å². The molecule has 1 aromatic carbocycles. The number of rotatable bonds is 6. The first kappa shape index (κ1) is 15.6. The molecule has 2 aromatic rings. The molecule has 1 saturated heterocycles. The van der Waals surface area contributed by atoms with Crippen molar-refractivity contribution in [1.82, 2.24) is 9.97 Å². The number of nitrogens with one attached hydrogen (secondary N) is 2. The maximum atomic E-state index is 5.44. The molecule has 0 atom stereocenters. The van der Waals surface area contributed by atoms with Gasteiger partial charge in [-0.15, -0.1) is 0 Å². The highest BCUT2D eigenvalue weighted by molar-refractivity contribution is 5.74. The molecule has 2 heterocycles. The molecule has 6 heteroatoms. The molecule has 0 unspecified atom stereocenters. The first-order valence-corrected chi connectivity index (χ1v) is 8.12. The van der Waals surface area contributed by atoms with E-state index >= 15 is 0 Å². The lowest BCUT2D eigenvalue weighted by atomic mass is 10.2. The van der Waals surface area contributed by atoms with E-state index in [1.807, 2.05) is 12.1 Å². The molecular formula is C17H23N5O. The van der Waals surface area contributed by atoms with Crippen molar-refractivity contribution in [3.63, 3.8) is 0 Å². The molecule has 0 saturated carbocycles. The van der Waals surface area contributed by atoms with E-state index in [1.165, 1.54) is 5.69 Å². The zero-order valence-corrected chi connectivity index (χ0v) is 13.5. The quantitative estimate of drug-likeness (QED) is 0.855. The van der Waals surface area contributed by atoms with Gasteiger partial charge in [-0.3, -0.25) is 0 Å². The van der Waals surface area contributed by atoms with Gasteiger partial charge in [0.05, 0.1) is 24.6 Å². The fourth-order valence-corrected chi connectivity index (χ4v) is 2.55. The van der Waals surface area contributed by atoms with Crippen molar-refractivity contribution in [2.24, 2.45) is 0 Å². The zero-order chi connectivity index (χ0) is 15.9. The summed E-state index contributed by atoms with van der Waals surface area (Å²) in [6.07, 6.45) is 2.81. The van der Waals surface area contributed by atoms with Crippen LogP contribution >= 0.6 is 0 Å². The number of benzene rings is 1. The van der Waals surface area contributed by atoms with Crippen molar-refractivity contribution in [3.05, 3.63) is 36.5 Å². The number of para-hydroxylation sites is 2. The van der Waals surface area contributed by atoms with E-state index in [1.54, 1.807) is 6.20 Å². The van der Waals surface area contributed by atoms with Crippen LogP contribution in [0, 0.1) is 0 Å². The summed E-state index contributed by atoms with van der Waals surface area (Å²) >= 11 is 0. The molecule has 1 fully saturated rings. The second-order valence-corrected chi connectivity index (χ2v) is 5.43. The van der Waals surface area contributed by atoms with Crippen LogP contribution in [0.25, 0.3) is 0 Å². The van der Waals surface area contributed by atoms with Crippen LogP contribution in [-0.4, -0.2) is 42.8 Å². The average Bonchev–Trinajstić information content (AvgIpc) is 2.61. The van der Waals surface area contributed by atoms with Gasteiger partial charge >= 0.3 is 0 Å². The third kappa shape index (κ3) is 4.10. The molecule has 23 heavy (non-hydrogen) atoms. The Hall–Kier alpha value is -2.34. The Balaban J connectivity index is 1.77. The van der Waals surface area contributed by atoms with E-state index in [-0.39, 0.29) is 0 Å². The van der Waals surface area contributed by atoms with Gasteiger partial charge in [0.25, 0.3) is 0 Å². The lowest BCUT2D eigenvalue weighted by Gasteiger charge is -2.30. The van der Waals surface area contributed by atoms with Crippen molar-refractivity contribution >= 4 is 23.1 Å². The van der Waals surface area contributed by atoms with Crippen LogP contribution in [0.5, 0.6) is 0 Å². The highest BCUT2D eigenvalue weighted by Crippen LogP contribution is 2.28. The Labute approximate surface area is 136 Å². The molecule has 0 bridgehead atoms. The number of anilines is 4. The molecular weight excluding hydrogens is 290 g/mol. The standard InChI is InChI=1S/C17H23N5O/c1-2-8-18-17-19-9-7-16(21-17)20-14-5-3-4-6-15(14)22-10-12-23-13-11-22/h3-7,9H,2,8,10-13H2,1H3,(H2,18,19,20,21). The Morgan fingerprint density at radius 2 is 2.00 bits per heavy atom. The summed E-state index contributed by atoms with van der Waals surface area (Å²) in [6, 6.07) is 10.2. The normalized spacial score (nSPS) is 14.6. The minimum absolute atomic E-state index is 0.653. The number of hydrogen-bond acceptors (Lipinski definition) is 6. The van der Waals surface area contributed by atoms with Gasteiger partial charge in [0.2, 0.25) is 5.95 Å². The Bertz CT molecular complexity index is 628. The second kappa shape index (κ2) is 7.78. The van der Waals surface area contributed by atoms with Crippen LogP contribution in [0.3, 0.4) is 0 Å². The van der Waals surface area contributed by atoms with Crippen molar-refractivity contribution in [2.45, 2.75) is 13.3 Å². The minimum atomic E-state index is 0.653. The van der Waals surface area contributed by atoms with Gasteiger partial charge in [-0.1, -0.05) is 19.1 Å². The van der Waals surface area contributed by atoms with Gasteiger partial charge in [-0.25, -0.2) is 4.98 Å². The fourth-order valence-electron chi connectivity index (χ4n) is 2.55. The molecule has 3 rings (SSSR count). The lowest BCUT2D eigenvalue weighted by molar-refractivity contribution is 0.123. The first-order chi connectivity index (χ1) is 11.4. The van der Waals surface area contributed by atoms with Crippen LogP contribution in [0.2, 0.25) is 0 Å². The largest absolute Gasteiger partial charge is 0.378 e. The molecule has 0 spiro atoms. The molecule has 122 valence electrons. The summed E-state index contributed by atoms with van der Waals surface area (Å²) in [5.41, 5.74) is 2.23. The van der Waals surface area contributed by atoms with Gasteiger partial charge in [-0.2, -0.15) is 4.98 Å². The average molecular weight is 313 g/mol. The Kier molecular flexibility index (Phi) is 5.26. The summed E-state index contributed by atoms with van der Waals surface area (Å²) < 4.78 is 5.44. The van der Waals surface area contributed by atoms with E-state index in [4.69, 9.17) is 4.74 Å². The first-order valence-electron chi connectivity index (χ1n) is 8.12. The van der Waals surface area contributed by atoms with Crippen molar-refractivity contribution in [1.29, 1.82) is 0 Å². The molecule has 1 aromatic heterocycles. The maximum absolute atomic E-state index is 5.44. The van der Waals surface area contributed by atoms with Crippen LogP contribution in [0.15, 0.2) is 36.5 Å². The smallest absolute Gasteiger partial charge is 0.224 e. The van der Waals surface area contributed by atoms with Gasteiger partial charge in [-0.05, 0) is 24.6 Å². The van der Waals surface area contributed by atoms with Gasteiger partial charge in [0, 0.05) is 25.8 Å². The summed E-state index contributed by atoms with van der Waals surface area (Å²) in [4.78, 5) is 11.1. The van der Waals surface area contributed by atoms with Crippen LogP contribution in [-0.2, 0) is 4.74 Å². The van der Waals surface area contributed by atoms with E-state index in [0.29, 0.717) is 5.95 Å². The van der Waals surface area contributed by atoms with Crippen molar-refractivity contribution in [2.75, 3.05) is 48.4 Å². The van der Waals surface area contributed by atoms with Gasteiger partial charge in [0.1, 0.15) is 5.82 Å². The third-order valence-corrected chi connectivity index (χ3v) is 3.71. The van der Waals surface area contributed by atoms with Crippen LogP contribution in [0.1, 0.15) is 13.3 Å². The number of ether oxygens (including phenoxy) is 1. The highest BCUT2D eigenvalue weighted by atomic mass is 16.5. The van der Waals surface area contributed by atoms with Crippen LogP contribution in [0.4, 0.5) is 23.1 Å². The van der Waals surface area contributed by atoms with E-state index in [9.17, 15) is 0 Å². The van der Waals surface area contributed by atoms with Crippen molar-refractivity contribution < 1.29 is 4.74 Å². The predicted octanol–water partition coefficient (Wildman–Crippen LogP) is 2.88. The Morgan fingerprint density at radius 1 is 1.17 bits per heavy atom. The van der Waals surface area contributed by atoms with E-state index in [2.05, 4.69) is 50.6 Å². The highest BCUT2D eigenvalue weighted by Gasteiger charge is 2.14. The second-order valence-electron chi connectivity index (χ2n) is 5.43. The number of morpholine rings is 1. The molecule has 0 amide bonds. The van der Waals surface area contributed by atoms with E-state index < -0.39 is 0 Å². The minimum Gasteiger partial charge on any atom is -0.378 e. The predicted molar refractivity (Wildman–Crippen MR) is 93.6 cm³/mol. The SMILES string of the molecule is CCCNc1nccc(Nc2ccccc2N2CCOCC2)n1. The number of nitrogens with zero attached hydrogens (tertiary/aromatic N) is 3. The summed E-state index contributed by atoms with van der Waals surface area (Å²) in [6.45, 7) is 6.35. The monoisotopic (exact) mass is 313 g/mol. The van der Waals surface area contributed by atoms with E-state index in [0.717, 1.165) is 50.8 Å². The molecule has 0 radical (unpaired) electrons. The van der Waals surface area contributed by atoms with Crippen LogP contribution < -0.4 is 15.5 Å². The molecule has 1 aliphatic rings. The zero-order valence-electron chi connectivity index (χ0n) is 13.5. The molecule has 1 aliphatic heterocycles. The molecule has 6 nitrogen and oxygen atoms in total. The summed E-state index contributed by atoms with van der Waals surface area (Å²) in [5, 5.41) is 6.62. The topological polar surface area (TPSA) is 62.3 Å². The van der Waals surface area contributed by atoms with Crippen molar-refractivity contribution in [3.8, 4) is 0 Å². The fraction of sp³-hybridized carbons (Fsp3) is 0.412. The lowest BCUT2D eigenvalue weighted by Crippen LogP contribution is -2.36.